The van der Waals surface area contributed by atoms with Crippen LogP contribution in [0, 0.1) is 0 Å². The fourth-order valence-electron chi connectivity index (χ4n) is 5.36. The molecule has 0 saturated heterocycles. The van der Waals surface area contributed by atoms with Crippen LogP contribution in [-0.2, 0) is 13.0 Å². The van der Waals surface area contributed by atoms with Crippen LogP contribution in [0.1, 0.15) is 43.7 Å². The minimum Gasteiger partial charge on any atom is -0.360 e. The molecule has 9 heteroatoms. The molecular weight excluding hydrogens is 524 g/mol. The number of H-pyrrole nitrogens is 1. The zero-order valence-electron chi connectivity index (χ0n) is 22.2. The number of rotatable bonds is 7. The fourth-order valence-corrected chi connectivity index (χ4v) is 5.58. The van der Waals surface area contributed by atoms with Gasteiger partial charge in [0.25, 0.3) is 11.8 Å². The van der Waals surface area contributed by atoms with Crippen molar-refractivity contribution >= 4 is 34.3 Å². The first-order valence-electron chi connectivity index (χ1n) is 13.1. The highest BCUT2D eigenvalue weighted by Crippen LogP contribution is 2.32. The number of nitrogens with zero attached hydrogens (tertiary/aromatic N) is 3. The Morgan fingerprint density at radius 2 is 1.77 bits per heavy atom. The Morgan fingerprint density at radius 1 is 1.02 bits per heavy atom. The van der Waals surface area contributed by atoms with Crippen LogP contribution in [-0.4, -0.2) is 51.4 Å². The molecule has 2 amide bonds. The number of imidazole rings is 1. The molecule has 5 aromatic rings. The maximum absolute atomic E-state index is 13.3. The number of hydrogen-bond acceptors (Lipinski definition) is 4. The summed E-state index contributed by atoms with van der Waals surface area (Å²) in [6, 6.07) is 20.2. The molecule has 1 aliphatic carbocycles. The van der Waals surface area contributed by atoms with Crippen molar-refractivity contribution in [3.05, 3.63) is 118 Å². The third-order valence-electron chi connectivity index (χ3n) is 7.31. The summed E-state index contributed by atoms with van der Waals surface area (Å²) < 4.78 is 2.01. The van der Waals surface area contributed by atoms with E-state index in [-0.39, 0.29) is 23.9 Å². The second-order valence-electron chi connectivity index (χ2n) is 10.3. The number of halogens is 1. The van der Waals surface area contributed by atoms with Gasteiger partial charge in [0.1, 0.15) is 5.82 Å². The van der Waals surface area contributed by atoms with Crippen molar-refractivity contribution in [2.24, 2.45) is 0 Å². The van der Waals surface area contributed by atoms with Gasteiger partial charge in [-0.2, -0.15) is 0 Å². The maximum atomic E-state index is 13.3. The summed E-state index contributed by atoms with van der Waals surface area (Å²) in [6.45, 7) is 0.706. The van der Waals surface area contributed by atoms with Crippen LogP contribution in [0.4, 0.5) is 0 Å². The minimum atomic E-state index is -0.366. The molecule has 6 rings (SSSR count). The van der Waals surface area contributed by atoms with Crippen molar-refractivity contribution in [1.82, 2.24) is 30.1 Å². The summed E-state index contributed by atoms with van der Waals surface area (Å²) in [5, 5.41) is 7.81. The molecule has 8 nitrogen and oxygen atoms in total. The number of aromatic amines is 1. The predicted octanol–water partition coefficient (Wildman–Crippen LogP) is 4.89. The quantitative estimate of drug-likeness (QED) is 0.268. The Morgan fingerprint density at radius 3 is 2.58 bits per heavy atom. The van der Waals surface area contributed by atoms with Crippen molar-refractivity contribution in [3.8, 4) is 5.69 Å². The second-order valence-corrected chi connectivity index (χ2v) is 10.7. The van der Waals surface area contributed by atoms with Gasteiger partial charge in [-0.25, -0.2) is 4.98 Å². The number of aromatic nitrogens is 3. The van der Waals surface area contributed by atoms with Crippen LogP contribution < -0.4 is 10.6 Å². The van der Waals surface area contributed by atoms with Gasteiger partial charge in [0.2, 0.25) is 0 Å². The van der Waals surface area contributed by atoms with E-state index in [0.29, 0.717) is 29.1 Å². The zero-order valence-corrected chi connectivity index (χ0v) is 22.9. The Bertz CT molecular complexity index is 1700. The molecule has 0 aliphatic heterocycles. The van der Waals surface area contributed by atoms with Gasteiger partial charge in [0.05, 0.1) is 23.7 Å². The zero-order chi connectivity index (χ0) is 27.8. The van der Waals surface area contributed by atoms with Crippen molar-refractivity contribution in [2.75, 3.05) is 14.1 Å². The molecule has 1 aliphatic rings. The Hall–Kier alpha value is -4.40. The highest BCUT2D eigenvalue weighted by Gasteiger charge is 2.35. The van der Waals surface area contributed by atoms with Crippen LogP contribution in [0.2, 0.25) is 5.02 Å². The van der Waals surface area contributed by atoms with E-state index >= 15 is 0 Å². The molecule has 3 N–H and O–H groups in total. The number of carbonyl (C=O) groups excluding carboxylic acids is 2. The van der Waals surface area contributed by atoms with E-state index in [2.05, 4.69) is 25.5 Å². The van der Waals surface area contributed by atoms with Gasteiger partial charge in [-0.1, -0.05) is 41.9 Å². The number of amides is 2. The molecule has 40 heavy (non-hydrogen) atoms. The lowest BCUT2D eigenvalue weighted by Crippen LogP contribution is -2.44. The lowest BCUT2D eigenvalue weighted by molar-refractivity contribution is 0.0888. The van der Waals surface area contributed by atoms with Gasteiger partial charge in [-0.05, 0) is 68.0 Å². The lowest BCUT2D eigenvalue weighted by atomic mass is 10.0. The number of benzene rings is 3. The Kier molecular flexibility index (Phi) is 6.88. The second kappa shape index (κ2) is 10.6. The van der Waals surface area contributed by atoms with Crippen LogP contribution in [0.25, 0.3) is 16.6 Å². The Balaban J connectivity index is 1.20. The number of hydrogen-bond donors (Lipinski definition) is 3. The molecule has 0 saturated carbocycles. The van der Waals surface area contributed by atoms with Crippen molar-refractivity contribution in [2.45, 2.75) is 25.0 Å². The summed E-state index contributed by atoms with van der Waals surface area (Å²) in [6.07, 6.45) is 6.02. The van der Waals surface area contributed by atoms with Crippen molar-refractivity contribution in [1.29, 1.82) is 0 Å². The van der Waals surface area contributed by atoms with Crippen molar-refractivity contribution < 1.29 is 9.59 Å². The molecular formula is C31H29ClN6O2. The van der Waals surface area contributed by atoms with E-state index in [1.165, 1.54) is 0 Å². The summed E-state index contributed by atoms with van der Waals surface area (Å²) >= 11 is 6.20. The first-order chi connectivity index (χ1) is 19.4. The molecule has 2 atom stereocenters. The fraction of sp³-hybridized carbons (Fsp3) is 0.194. The average molecular weight is 553 g/mol. The standard InChI is InChI=1S/C31H29ClN6O2/c1-37(2)18-28-33-13-14-38(28)22-10-7-19(8-11-22)30(39)35-27-15-20-5-3-4-6-23(20)29(27)36-31(40)21-9-12-24-25(32)17-34-26(24)16-21/h3-14,16-17,27,29,34H,15,18H2,1-2H3,(H,35,39)(H,36,40)/t27-,29+/m0/s1. The third-order valence-corrected chi connectivity index (χ3v) is 7.62. The van der Waals surface area contributed by atoms with E-state index in [9.17, 15) is 9.59 Å². The van der Waals surface area contributed by atoms with Crippen molar-refractivity contribution in [3.63, 3.8) is 0 Å². The van der Waals surface area contributed by atoms with E-state index < -0.39 is 0 Å². The molecule has 0 bridgehead atoms. The molecule has 0 fully saturated rings. The normalized spacial score (nSPS) is 16.3. The van der Waals surface area contributed by atoms with Gasteiger partial charge >= 0.3 is 0 Å². The summed E-state index contributed by atoms with van der Waals surface area (Å²) in [4.78, 5) is 36.3. The Labute approximate surface area is 237 Å². The van der Waals surface area contributed by atoms with Gasteiger partial charge in [0, 0.05) is 46.3 Å². The van der Waals surface area contributed by atoms with Gasteiger partial charge < -0.3 is 25.1 Å². The van der Waals surface area contributed by atoms with E-state index in [1.807, 2.05) is 79.5 Å². The monoisotopic (exact) mass is 552 g/mol. The van der Waals surface area contributed by atoms with Crippen LogP contribution in [0.3, 0.4) is 0 Å². The van der Waals surface area contributed by atoms with E-state index in [4.69, 9.17) is 11.6 Å². The van der Waals surface area contributed by atoms with Gasteiger partial charge in [-0.15, -0.1) is 0 Å². The topological polar surface area (TPSA) is 95.1 Å². The maximum Gasteiger partial charge on any atom is 0.251 e. The predicted molar refractivity (Wildman–Crippen MR) is 156 cm³/mol. The SMILES string of the molecule is CN(C)Cc1nccn1-c1ccc(C(=O)N[C@H]2Cc3ccccc3[C@H]2NC(=O)c2ccc3c(Cl)c[nH]c3c2)cc1. The molecule has 3 aromatic carbocycles. The number of fused-ring (bicyclic) bond motifs is 2. The minimum absolute atomic E-state index is 0.190. The molecule has 0 spiro atoms. The number of nitrogens with one attached hydrogen (secondary N) is 3. The summed E-state index contributed by atoms with van der Waals surface area (Å²) in [5.41, 5.74) is 4.91. The molecule has 0 unspecified atom stereocenters. The number of carbonyl (C=O) groups is 2. The average Bonchev–Trinajstić information content (AvgIpc) is 3.66. The smallest absolute Gasteiger partial charge is 0.251 e. The van der Waals surface area contributed by atoms with E-state index in [1.54, 1.807) is 24.5 Å². The molecule has 2 aromatic heterocycles. The van der Waals surface area contributed by atoms with E-state index in [0.717, 1.165) is 33.5 Å². The van der Waals surface area contributed by atoms with Crippen LogP contribution in [0.15, 0.2) is 85.3 Å². The van der Waals surface area contributed by atoms with Gasteiger partial charge in [0.15, 0.2) is 0 Å². The third kappa shape index (κ3) is 4.99. The largest absolute Gasteiger partial charge is 0.360 e. The van der Waals surface area contributed by atoms with Crippen LogP contribution >= 0.6 is 11.6 Å². The molecule has 202 valence electrons. The first-order valence-corrected chi connectivity index (χ1v) is 13.5. The summed E-state index contributed by atoms with van der Waals surface area (Å²) in [7, 11) is 4.00. The molecule has 0 radical (unpaired) electrons. The lowest BCUT2D eigenvalue weighted by Gasteiger charge is -2.23. The molecule has 2 heterocycles. The highest BCUT2D eigenvalue weighted by molar-refractivity contribution is 6.35. The summed E-state index contributed by atoms with van der Waals surface area (Å²) in [5.74, 6) is 0.514. The first kappa shape index (κ1) is 25.9. The van der Waals surface area contributed by atoms with Crippen LogP contribution in [0.5, 0.6) is 0 Å². The highest BCUT2D eigenvalue weighted by atomic mass is 35.5. The van der Waals surface area contributed by atoms with Gasteiger partial charge in [-0.3, -0.25) is 9.59 Å².